The average Bonchev–Trinajstić information content (AvgIpc) is 3.01. The first kappa shape index (κ1) is 17.5. The second kappa shape index (κ2) is 8.14. The number of hydrogen-bond donors (Lipinski definition) is 2. The van der Waals surface area contributed by atoms with Crippen molar-refractivity contribution in [2.45, 2.75) is 38.9 Å². The highest BCUT2D eigenvalue weighted by Crippen LogP contribution is 2.19. The molecule has 2 aromatic rings. The largest absolute Gasteiger partial charge is 0.352 e. The van der Waals surface area contributed by atoms with Gasteiger partial charge in [0.2, 0.25) is 5.91 Å². The van der Waals surface area contributed by atoms with Gasteiger partial charge in [-0.25, -0.2) is 0 Å². The Balaban J connectivity index is 0.00000192. The van der Waals surface area contributed by atoms with Crippen molar-refractivity contribution in [2.24, 2.45) is 0 Å². The van der Waals surface area contributed by atoms with Crippen LogP contribution in [0.25, 0.3) is 0 Å². The van der Waals surface area contributed by atoms with Crippen LogP contribution < -0.4 is 10.6 Å². The van der Waals surface area contributed by atoms with E-state index < -0.39 is 0 Å². The molecule has 3 rings (SSSR count). The second-order valence-corrected chi connectivity index (χ2v) is 6.00. The van der Waals surface area contributed by atoms with Crippen molar-refractivity contribution in [3.05, 3.63) is 70.8 Å². The number of carbonyl (C=O) groups is 1. The minimum absolute atomic E-state index is 0. The van der Waals surface area contributed by atoms with Gasteiger partial charge in [-0.05, 0) is 28.2 Å². The first-order chi connectivity index (χ1) is 10.7. The number of carbonyl (C=O) groups excluding carboxylic acids is 1. The van der Waals surface area contributed by atoms with E-state index >= 15 is 0 Å². The third-order valence-electron chi connectivity index (χ3n) is 4.25. The maximum Gasteiger partial charge on any atom is 0.220 e. The Hall–Kier alpha value is -1.84. The highest BCUT2D eigenvalue weighted by molar-refractivity contribution is 5.85. The van der Waals surface area contributed by atoms with Crippen LogP contribution in [-0.2, 0) is 24.4 Å². The van der Waals surface area contributed by atoms with Crippen molar-refractivity contribution in [2.75, 3.05) is 0 Å². The Morgan fingerprint density at radius 3 is 2.65 bits per heavy atom. The summed E-state index contributed by atoms with van der Waals surface area (Å²) in [6.07, 6.45) is 0.524. The molecule has 2 N–H and O–H groups in total. The summed E-state index contributed by atoms with van der Waals surface area (Å²) < 4.78 is 0. The van der Waals surface area contributed by atoms with Crippen molar-refractivity contribution < 1.29 is 4.79 Å². The molecular weight excluding hydrogens is 308 g/mol. The van der Waals surface area contributed by atoms with Crippen molar-refractivity contribution in [3.8, 4) is 0 Å². The molecule has 0 aromatic heterocycles. The predicted molar refractivity (Wildman–Crippen MR) is 95.6 cm³/mol. The van der Waals surface area contributed by atoms with Crippen LogP contribution in [0.1, 0.15) is 41.5 Å². The van der Waals surface area contributed by atoms with Gasteiger partial charge in [0, 0.05) is 26.1 Å². The van der Waals surface area contributed by atoms with Gasteiger partial charge in [0.05, 0.1) is 0 Å². The monoisotopic (exact) mass is 330 g/mol. The number of rotatable bonds is 5. The number of amides is 1. The fourth-order valence-electron chi connectivity index (χ4n) is 2.91. The maximum atomic E-state index is 12.1. The van der Waals surface area contributed by atoms with Crippen LogP contribution in [0.3, 0.4) is 0 Å². The van der Waals surface area contributed by atoms with Gasteiger partial charge < -0.3 is 10.6 Å². The molecular formula is C19H23ClN2O. The Morgan fingerprint density at radius 1 is 1.13 bits per heavy atom. The number of benzene rings is 2. The van der Waals surface area contributed by atoms with E-state index in [1.165, 1.54) is 22.3 Å². The van der Waals surface area contributed by atoms with Gasteiger partial charge in [0.25, 0.3) is 0 Å². The zero-order valence-corrected chi connectivity index (χ0v) is 14.2. The lowest BCUT2D eigenvalue weighted by Crippen LogP contribution is -2.24. The van der Waals surface area contributed by atoms with Crippen LogP contribution in [0.4, 0.5) is 0 Å². The quantitative estimate of drug-likeness (QED) is 0.880. The van der Waals surface area contributed by atoms with Gasteiger partial charge in [0.15, 0.2) is 0 Å². The summed E-state index contributed by atoms with van der Waals surface area (Å²) in [6.45, 7) is 4.59. The summed E-state index contributed by atoms with van der Waals surface area (Å²) in [7, 11) is 0. The van der Waals surface area contributed by atoms with E-state index in [1.54, 1.807) is 0 Å². The topological polar surface area (TPSA) is 41.1 Å². The fraction of sp³-hybridized carbons (Fsp3) is 0.316. The fourth-order valence-corrected chi connectivity index (χ4v) is 2.91. The van der Waals surface area contributed by atoms with Crippen LogP contribution in [0.2, 0.25) is 0 Å². The van der Waals surface area contributed by atoms with Crippen molar-refractivity contribution in [1.29, 1.82) is 0 Å². The molecule has 0 aliphatic carbocycles. The van der Waals surface area contributed by atoms with Crippen LogP contribution in [0.5, 0.6) is 0 Å². The van der Waals surface area contributed by atoms with Gasteiger partial charge in [-0.15, -0.1) is 12.4 Å². The summed E-state index contributed by atoms with van der Waals surface area (Å²) in [4.78, 5) is 12.1. The molecule has 0 fully saturated rings. The molecule has 1 unspecified atom stereocenters. The molecule has 1 atom stereocenters. The van der Waals surface area contributed by atoms with Crippen molar-refractivity contribution in [3.63, 3.8) is 0 Å². The molecule has 0 spiro atoms. The summed E-state index contributed by atoms with van der Waals surface area (Å²) in [5.74, 6) is 0.348. The van der Waals surface area contributed by atoms with Gasteiger partial charge in [-0.1, -0.05) is 55.5 Å². The van der Waals surface area contributed by atoms with E-state index in [0.717, 1.165) is 13.1 Å². The lowest BCUT2D eigenvalue weighted by atomic mass is 9.97. The highest BCUT2D eigenvalue weighted by atomic mass is 35.5. The summed E-state index contributed by atoms with van der Waals surface area (Å²) in [5.41, 5.74) is 5.10. The third-order valence-corrected chi connectivity index (χ3v) is 4.25. The smallest absolute Gasteiger partial charge is 0.220 e. The zero-order chi connectivity index (χ0) is 15.4. The Morgan fingerprint density at radius 2 is 1.87 bits per heavy atom. The van der Waals surface area contributed by atoms with Gasteiger partial charge in [0.1, 0.15) is 0 Å². The van der Waals surface area contributed by atoms with Crippen LogP contribution >= 0.6 is 12.4 Å². The number of halogens is 1. The number of hydrogen-bond acceptors (Lipinski definition) is 2. The Labute approximate surface area is 143 Å². The van der Waals surface area contributed by atoms with Crippen molar-refractivity contribution >= 4 is 18.3 Å². The summed E-state index contributed by atoms with van der Waals surface area (Å²) in [6, 6.07) is 16.6. The first-order valence-corrected chi connectivity index (χ1v) is 7.85. The molecule has 0 radical (unpaired) electrons. The molecule has 1 heterocycles. The van der Waals surface area contributed by atoms with E-state index in [0.29, 0.717) is 13.0 Å². The number of fused-ring (bicyclic) bond motifs is 1. The summed E-state index contributed by atoms with van der Waals surface area (Å²) >= 11 is 0. The second-order valence-electron chi connectivity index (χ2n) is 6.00. The van der Waals surface area contributed by atoms with Crippen LogP contribution in [0.15, 0.2) is 48.5 Å². The highest BCUT2D eigenvalue weighted by Gasteiger charge is 2.12. The van der Waals surface area contributed by atoms with Crippen LogP contribution in [0, 0.1) is 0 Å². The van der Waals surface area contributed by atoms with E-state index in [9.17, 15) is 4.79 Å². The van der Waals surface area contributed by atoms with Crippen molar-refractivity contribution in [1.82, 2.24) is 10.6 Å². The van der Waals surface area contributed by atoms with E-state index in [1.807, 2.05) is 18.2 Å². The Kier molecular flexibility index (Phi) is 6.20. The Bertz CT molecular complexity index is 658. The molecule has 1 amide bonds. The molecule has 3 nitrogen and oxygen atoms in total. The lowest BCUT2D eigenvalue weighted by molar-refractivity contribution is -0.121. The molecule has 0 bridgehead atoms. The molecule has 23 heavy (non-hydrogen) atoms. The first-order valence-electron chi connectivity index (χ1n) is 7.85. The SMILES string of the molecule is CC(CC(=O)NCc1ccc2c(c1)CNC2)c1ccccc1.Cl. The lowest BCUT2D eigenvalue weighted by Gasteiger charge is -2.12. The maximum absolute atomic E-state index is 12.1. The normalized spacial score (nSPS) is 13.8. The molecule has 0 saturated heterocycles. The molecule has 2 aromatic carbocycles. The predicted octanol–water partition coefficient (Wildman–Crippen LogP) is 3.52. The molecule has 122 valence electrons. The van der Waals surface area contributed by atoms with E-state index in [-0.39, 0.29) is 24.2 Å². The minimum atomic E-state index is 0. The molecule has 0 saturated carbocycles. The standard InChI is InChI=1S/C19H22N2O.ClH/c1-14(16-5-3-2-4-6-16)9-19(22)21-11-15-7-8-17-12-20-13-18(17)10-15;/h2-8,10,14,20H,9,11-13H2,1H3,(H,21,22);1H. The van der Waals surface area contributed by atoms with Gasteiger partial charge >= 0.3 is 0 Å². The van der Waals surface area contributed by atoms with E-state index in [2.05, 4.69) is 47.9 Å². The number of nitrogens with one attached hydrogen (secondary N) is 2. The average molecular weight is 331 g/mol. The zero-order valence-electron chi connectivity index (χ0n) is 13.3. The molecule has 4 heteroatoms. The minimum Gasteiger partial charge on any atom is -0.352 e. The van der Waals surface area contributed by atoms with Crippen LogP contribution in [-0.4, -0.2) is 5.91 Å². The molecule has 1 aliphatic heterocycles. The molecule has 1 aliphatic rings. The van der Waals surface area contributed by atoms with Gasteiger partial charge in [-0.2, -0.15) is 0 Å². The third kappa shape index (κ3) is 4.57. The van der Waals surface area contributed by atoms with Gasteiger partial charge in [-0.3, -0.25) is 4.79 Å². The summed E-state index contributed by atoms with van der Waals surface area (Å²) in [5, 5.41) is 6.37. The van der Waals surface area contributed by atoms with E-state index in [4.69, 9.17) is 0 Å².